The van der Waals surface area contributed by atoms with E-state index < -0.39 is 0 Å². The molecule has 0 aliphatic rings. The Labute approximate surface area is 94.7 Å². The van der Waals surface area contributed by atoms with E-state index in [-0.39, 0.29) is 0 Å². The monoisotopic (exact) mass is 220 g/mol. The SMILES string of the molecule is CN(C)CCSc1c[nH]c2ccccc12. The van der Waals surface area contributed by atoms with Gasteiger partial charge in [0, 0.05) is 34.3 Å². The van der Waals surface area contributed by atoms with Crippen molar-refractivity contribution < 1.29 is 0 Å². The quantitative estimate of drug-likeness (QED) is 0.799. The van der Waals surface area contributed by atoms with Crippen LogP contribution in [-0.4, -0.2) is 36.3 Å². The average Bonchev–Trinajstić information content (AvgIpc) is 2.62. The summed E-state index contributed by atoms with van der Waals surface area (Å²) in [5, 5.41) is 1.33. The summed E-state index contributed by atoms with van der Waals surface area (Å²) >= 11 is 1.91. The smallest absolute Gasteiger partial charge is 0.0465 e. The zero-order valence-corrected chi connectivity index (χ0v) is 9.97. The molecule has 0 radical (unpaired) electrons. The van der Waals surface area contributed by atoms with Gasteiger partial charge >= 0.3 is 0 Å². The predicted octanol–water partition coefficient (Wildman–Crippen LogP) is 2.82. The van der Waals surface area contributed by atoms with Gasteiger partial charge in [-0.3, -0.25) is 0 Å². The standard InChI is InChI=1S/C12H16N2S/c1-14(2)7-8-15-12-9-13-11-6-4-3-5-10(11)12/h3-6,9,13H,7-8H2,1-2H3. The zero-order valence-electron chi connectivity index (χ0n) is 9.16. The second-order valence-electron chi connectivity index (χ2n) is 3.85. The molecule has 15 heavy (non-hydrogen) atoms. The number of hydrogen-bond acceptors (Lipinski definition) is 2. The molecule has 2 aromatic rings. The highest BCUT2D eigenvalue weighted by Gasteiger charge is 2.02. The highest BCUT2D eigenvalue weighted by Crippen LogP contribution is 2.27. The minimum Gasteiger partial charge on any atom is -0.360 e. The third kappa shape index (κ3) is 2.55. The third-order valence-corrected chi connectivity index (χ3v) is 3.38. The van der Waals surface area contributed by atoms with Gasteiger partial charge in [-0.25, -0.2) is 0 Å². The number of thioether (sulfide) groups is 1. The van der Waals surface area contributed by atoms with Crippen molar-refractivity contribution in [2.24, 2.45) is 0 Å². The number of rotatable bonds is 4. The lowest BCUT2D eigenvalue weighted by molar-refractivity contribution is 0.437. The summed E-state index contributed by atoms with van der Waals surface area (Å²) in [6.45, 7) is 1.12. The van der Waals surface area contributed by atoms with Crippen molar-refractivity contribution in [2.45, 2.75) is 4.90 Å². The van der Waals surface area contributed by atoms with Gasteiger partial charge < -0.3 is 9.88 Å². The van der Waals surface area contributed by atoms with E-state index in [1.54, 1.807) is 0 Å². The van der Waals surface area contributed by atoms with Gasteiger partial charge in [0.25, 0.3) is 0 Å². The van der Waals surface area contributed by atoms with Crippen molar-refractivity contribution in [3.05, 3.63) is 30.5 Å². The molecule has 0 saturated carbocycles. The summed E-state index contributed by atoms with van der Waals surface area (Å²) in [5.74, 6) is 1.13. The molecule has 0 amide bonds. The van der Waals surface area contributed by atoms with Crippen LogP contribution in [0, 0.1) is 0 Å². The first kappa shape index (κ1) is 10.6. The van der Waals surface area contributed by atoms with Gasteiger partial charge in [-0.05, 0) is 20.2 Å². The summed E-state index contributed by atoms with van der Waals surface area (Å²) in [6, 6.07) is 8.44. The summed E-state index contributed by atoms with van der Waals surface area (Å²) < 4.78 is 0. The van der Waals surface area contributed by atoms with E-state index in [1.807, 2.05) is 11.8 Å². The molecule has 3 heteroatoms. The first-order chi connectivity index (χ1) is 7.27. The van der Waals surface area contributed by atoms with Gasteiger partial charge in [-0.2, -0.15) is 0 Å². The summed E-state index contributed by atoms with van der Waals surface area (Å²) in [4.78, 5) is 6.86. The molecule has 0 atom stereocenters. The molecule has 2 rings (SSSR count). The number of nitrogens with zero attached hydrogens (tertiary/aromatic N) is 1. The van der Waals surface area contributed by atoms with E-state index >= 15 is 0 Å². The van der Waals surface area contributed by atoms with E-state index in [2.05, 4.69) is 54.4 Å². The number of H-pyrrole nitrogens is 1. The number of aromatic nitrogens is 1. The van der Waals surface area contributed by atoms with Crippen molar-refractivity contribution in [2.75, 3.05) is 26.4 Å². The molecular formula is C12H16N2S. The minimum atomic E-state index is 1.12. The second-order valence-corrected chi connectivity index (χ2v) is 4.99. The normalized spacial score (nSPS) is 11.4. The molecule has 0 aliphatic carbocycles. The van der Waals surface area contributed by atoms with Crippen LogP contribution >= 0.6 is 11.8 Å². The molecular weight excluding hydrogens is 204 g/mol. The van der Waals surface area contributed by atoms with Crippen LogP contribution in [0.25, 0.3) is 10.9 Å². The van der Waals surface area contributed by atoms with Crippen molar-refractivity contribution in [3.8, 4) is 0 Å². The van der Waals surface area contributed by atoms with Crippen LogP contribution in [0.1, 0.15) is 0 Å². The summed E-state index contributed by atoms with van der Waals surface area (Å²) in [6.07, 6.45) is 2.10. The number of aromatic amines is 1. The van der Waals surface area contributed by atoms with Gasteiger partial charge in [-0.1, -0.05) is 18.2 Å². The van der Waals surface area contributed by atoms with Crippen LogP contribution in [0.5, 0.6) is 0 Å². The molecule has 0 spiro atoms. The van der Waals surface area contributed by atoms with Crippen LogP contribution in [0.4, 0.5) is 0 Å². The van der Waals surface area contributed by atoms with E-state index in [4.69, 9.17) is 0 Å². The summed E-state index contributed by atoms with van der Waals surface area (Å²) in [7, 11) is 4.21. The number of benzene rings is 1. The Bertz CT molecular complexity index is 434. The highest BCUT2D eigenvalue weighted by atomic mass is 32.2. The van der Waals surface area contributed by atoms with Crippen molar-refractivity contribution in [1.29, 1.82) is 0 Å². The molecule has 0 saturated heterocycles. The maximum Gasteiger partial charge on any atom is 0.0465 e. The lowest BCUT2D eigenvalue weighted by Gasteiger charge is -2.07. The number of nitrogens with one attached hydrogen (secondary N) is 1. The zero-order chi connectivity index (χ0) is 10.7. The predicted molar refractivity (Wildman–Crippen MR) is 67.6 cm³/mol. The number of para-hydroxylation sites is 1. The maximum atomic E-state index is 3.29. The Morgan fingerprint density at radius 2 is 2.07 bits per heavy atom. The molecule has 0 fully saturated rings. The van der Waals surface area contributed by atoms with Gasteiger partial charge in [-0.15, -0.1) is 11.8 Å². The first-order valence-corrected chi connectivity index (χ1v) is 6.09. The lowest BCUT2D eigenvalue weighted by atomic mass is 10.2. The van der Waals surface area contributed by atoms with Gasteiger partial charge in [0.15, 0.2) is 0 Å². The fourth-order valence-electron chi connectivity index (χ4n) is 1.50. The first-order valence-electron chi connectivity index (χ1n) is 5.11. The van der Waals surface area contributed by atoms with E-state index in [0.29, 0.717) is 0 Å². The molecule has 0 aliphatic heterocycles. The third-order valence-electron chi connectivity index (χ3n) is 2.35. The molecule has 1 aromatic carbocycles. The van der Waals surface area contributed by atoms with Crippen LogP contribution in [-0.2, 0) is 0 Å². The molecule has 1 aromatic heterocycles. The molecule has 0 unspecified atom stereocenters. The number of hydrogen-bond donors (Lipinski definition) is 1. The van der Waals surface area contributed by atoms with Crippen LogP contribution < -0.4 is 0 Å². The Morgan fingerprint density at radius 3 is 2.87 bits per heavy atom. The Balaban J connectivity index is 2.08. The Morgan fingerprint density at radius 1 is 1.27 bits per heavy atom. The lowest BCUT2D eigenvalue weighted by Crippen LogP contribution is -2.14. The largest absolute Gasteiger partial charge is 0.360 e. The molecule has 1 N–H and O–H groups in total. The van der Waals surface area contributed by atoms with E-state index in [1.165, 1.54) is 15.8 Å². The fraction of sp³-hybridized carbons (Fsp3) is 0.333. The minimum absolute atomic E-state index is 1.12. The second kappa shape index (κ2) is 4.73. The molecule has 80 valence electrons. The van der Waals surface area contributed by atoms with Gasteiger partial charge in [0.2, 0.25) is 0 Å². The molecule has 0 bridgehead atoms. The van der Waals surface area contributed by atoms with Crippen LogP contribution in [0.2, 0.25) is 0 Å². The molecule has 1 heterocycles. The Hall–Kier alpha value is -0.930. The fourth-order valence-corrected chi connectivity index (χ4v) is 2.65. The van der Waals surface area contributed by atoms with E-state index in [9.17, 15) is 0 Å². The number of fused-ring (bicyclic) bond motifs is 1. The maximum absolute atomic E-state index is 3.29. The van der Waals surface area contributed by atoms with Crippen LogP contribution in [0.3, 0.4) is 0 Å². The van der Waals surface area contributed by atoms with Crippen molar-refractivity contribution in [1.82, 2.24) is 9.88 Å². The van der Waals surface area contributed by atoms with Crippen LogP contribution in [0.15, 0.2) is 35.4 Å². The Kier molecular flexibility index (Phi) is 3.34. The topological polar surface area (TPSA) is 19.0 Å². The van der Waals surface area contributed by atoms with Crippen molar-refractivity contribution >= 4 is 22.7 Å². The van der Waals surface area contributed by atoms with Gasteiger partial charge in [0.05, 0.1) is 0 Å². The van der Waals surface area contributed by atoms with Gasteiger partial charge in [0.1, 0.15) is 0 Å². The summed E-state index contributed by atoms with van der Waals surface area (Å²) in [5.41, 5.74) is 1.23. The van der Waals surface area contributed by atoms with Crippen molar-refractivity contribution in [3.63, 3.8) is 0 Å². The highest BCUT2D eigenvalue weighted by molar-refractivity contribution is 7.99. The van der Waals surface area contributed by atoms with E-state index in [0.717, 1.165) is 12.3 Å². The average molecular weight is 220 g/mol. The molecule has 2 nitrogen and oxygen atoms in total.